The molecule has 2 saturated carbocycles. The van der Waals surface area contributed by atoms with Crippen LogP contribution in [0.15, 0.2) is 60.7 Å². The Morgan fingerprint density at radius 1 is 0.488 bits per heavy atom. The second-order valence-electron chi connectivity index (χ2n) is 11.3. The summed E-state index contributed by atoms with van der Waals surface area (Å²) in [6.07, 6.45) is 21.3. The van der Waals surface area contributed by atoms with E-state index in [1.165, 1.54) is 101 Å². The van der Waals surface area contributed by atoms with E-state index in [1.807, 2.05) is 52.0 Å². The van der Waals surface area contributed by atoms with E-state index in [1.54, 1.807) is 0 Å². The van der Waals surface area contributed by atoms with Gasteiger partial charge in [0.2, 0.25) is 0 Å². The maximum Gasteiger partial charge on any atom is -0.0307 e. The van der Waals surface area contributed by atoms with Gasteiger partial charge in [0.05, 0.1) is 0 Å². The van der Waals surface area contributed by atoms with Crippen LogP contribution in [0.5, 0.6) is 0 Å². The lowest BCUT2D eigenvalue weighted by atomic mass is 9.88. The average molecular weight is 601 g/mol. The molecule has 0 spiro atoms. The molecular formula is C43H84. The molecule has 0 bridgehead atoms. The molecule has 0 amide bonds. The molecule has 256 valence electrons. The van der Waals surface area contributed by atoms with E-state index in [0.717, 1.165) is 18.3 Å². The summed E-state index contributed by atoms with van der Waals surface area (Å²) >= 11 is 0. The van der Waals surface area contributed by atoms with Gasteiger partial charge in [-0.1, -0.05) is 246 Å². The first-order valence-electron chi connectivity index (χ1n) is 19.0. The van der Waals surface area contributed by atoms with Crippen LogP contribution in [0.4, 0.5) is 0 Å². The van der Waals surface area contributed by atoms with Crippen molar-refractivity contribution >= 4 is 0 Å². The zero-order chi connectivity index (χ0) is 34.0. The molecule has 0 atom stereocenters. The smallest absolute Gasteiger partial charge is 0.0307 e. The predicted octanol–water partition coefficient (Wildman–Crippen LogP) is 16.1. The van der Waals surface area contributed by atoms with E-state index >= 15 is 0 Å². The van der Waals surface area contributed by atoms with Crippen molar-refractivity contribution in [2.45, 2.75) is 193 Å². The molecule has 2 aliphatic rings. The standard InChI is InChI=1S/C8H16.C8H10.C7H14.C7H8.3C3H8.2C2H6/c2*1-2-8-6-4-3-5-7-8;2*1-7-5-3-2-4-6-7;3*1-3-2;2*1-2/h8H,2-7H2,1H3;3-7H,2H2,1H3;7H,2-6H2,1H3;2-6H,1H3;3*3H2,1-2H3;2*1-2H3. The molecule has 0 heterocycles. The van der Waals surface area contributed by atoms with E-state index in [2.05, 4.69) is 106 Å². The van der Waals surface area contributed by atoms with Gasteiger partial charge in [0, 0.05) is 0 Å². The Hall–Kier alpha value is -1.56. The lowest BCUT2D eigenvalue weighted by Gasteiger charge is -2.18. The summed E-state index contributed by atoms with van der Waals surface area (Å²) in [7, 11) is 0. The lowest BCUT2D eigenvalue weighted by molar-refractivity contribution is 0.349. The maximum atomic E-state index is 2.36. The molecule has 43 heavy (non-hydrogen) atoms. The SMILES string of the molecule is CC.CC.CC1CCCCC1.CCC.CCC.CCC.CCC1CCCCC1.CCc1ccccc1.Cc1ccccc1. The average Bonchev–Trinajstić information content (AvgIpc) is 3.06. The first-order valence-corrected chi connectivity index (χ1v) is 19.0. The fraction of sp³-hybridized carbons (Fsp3) is 0.721. The van der Waals surface area contributed by atoms with Gasteiger partial charge >= 0.3 is 0 Å². The Labute approximate surface area is 276 Å². The summed E-state index contributed by atoms with van der Waals surface area (Å²) in [4.78, 5) is 0. The summed E-state index contributed by atoms with van der Waals surface area (Å²) in [6, 6.07) is 20.7. The number of hydrogen-bond acceptors (Lipinski definition) is 0. The van der Waals surface area contributed by atoms with Crippen molar-refractivity contribution < 1.29 is 0 Å². The van der Waals surface area contributed by atoms with Gasteiger partial charge in [-0.15, -0.1) is 0 Å². The third kappa shape index (κ3) is 50.4. The van der Waals surface area contributed by atoms with Crippen molar-refractivity contribution in [3.63, 3.8) is 0 Å². The van der Waals surface area contributed by atoms with Gasteiger partial charge in [0.1, 0.15) is 0 Å². The van der Waals surface area contributed by atoms with Gasteiger partial charge < -0.3 is 0 Å². The van der Waals surface area contributed by atoms with Gasteiger partial charge in [0.25, 0.3) is 0 Å². The maximum absolute atomic E-state index is 2.36. The highest BCUT2D eigenvalue weighted by atomic mass is 14.2. The number of rotatable bonds is 2. The molecule has 0 heteroatoms. The number of benzene rings is 2. The predicted molar refractivity (Wildman–Crippen MR) is 207 cm³/mol. The van der Waals surface area contributed by atoms with Gasteiger partial charge in [-0.25, -0.2) is 0 Å². The first kappa shape index (κ1) is 51.0. The molecule has 0 aliphatic heterocycles. The molecule has 2 fully saturated rings. The van der Waals surface area contributed by atoms with Gasteiger partial charge in [-0.05, 0) is 30.7 Å². The van der Waals surface area contributed by atoms with Crippen LogP contribution in [-0.2, 0) is 6.42 Å². The summed E-state index contributed by atoms with van der Waals surface area (Å²) < 4.78 is 0. The van der Waals surface area contributed by atoms with E-state index < -0.39 is 0 Å². The highest BCUT2D eigenvalue weighted by Crippen LogP contribution is 2.25. The fourth-order valence-corrected chi connectivity index (χ4v) is 4.15. The monoisotopic (exact) mass is 601 g/mol. The molecule has 2 aromatic carbocycles. The minimum Gasteiger partial charge on any atom is -0.0683 e. The van der Waals surface area contributed by atoms with Crippen molar-refractivity contribution in [2.24, 2.45) is 11.8 Å². The van der Waals surface area contributed by atoms with E-state index in [0.29, 0.717) is 0 Å². The summed E-state index contributed by atoms with van der Waals surface area (Å²) in [5, 5.41) is 0. The lowest BCUT2D eigenvalue weighted by Crippen LogP contribution is -2.03. The molecule has 0 radical (unpaired) electrons. The Balaban J connectivity index is -0.000000132. The minimum absolute atomic E-state index is 1.04. The van der Waals surface area contributed by atoms with Crippen molar-refractivity contribution in [1.29, 1.82) is 0 Å². The van der Waals surface area contributed by atoms with Crippen LogP contribution >= 0.6 is 0 Å². The van der Waals surface area contributed by atoms with E-state index in [4.69, 9.17) is 0 Å². The molecular weight excluding hydrogens is 516 g/mol. The van der Waals surface area contributed by atoms with Crippen LogP contribution in [0.1, 0.15) is 191 Å². The normalized spacial score (nSPS) is 13.2. The van der Waals surface area contributed by atoms with E-state index in [9.17, 15) is 0 Å². The number of hydrogen-bond donors (Lipinski definition) is 0. The topological polar surface area (TPSA) is 0 Å². The highest BCUT2D eigenvalue weighted by Gasteiger charge is 2.09. The molecule has 0 saturated heterocycles. The van der Waals surface area contributed by atoms with Crippen molar-refractivity contribution in [2.75, 3.05) is 0 Å². The molecule has 2 aliphatic carbocycles. The zero-order valence-corrected chi connectivity index (χ0v) is 32.5. The Kier molecular flexibility index (Phi) is 59.4. The molecule has 0 aromatic heterocycles. The van der Waals surface area contributed by atoms with Crippen LogP contribution in [0.3, 0.4) is 0 Å². The van der Waals surface area contributed by atoms with Crippen LogP contribution in [0.2, 0.25) is 0 Å². The van der Waals surface area contributed by atoms with Crippen LogP contribution in [0.25, 0.3) is 0 Å². The second-order valence-corrected chi connectivity index (χ2v) is 11.3. The van der Waals surface area contributed by atoms with Crippen molar-refractivity contribution in [3.05, 3.63) is 71.8 Å². The Bertz CT molecular complexity index is 613. The Morgan fingerprint density at radius 3 is 1.00 bits per heavy atom. The largest absolute Gasteiger partial charge is 0.0683 e. The van der Waals surface area contributed by atoms with Crippen LogP contribution < -0.4 is 0 Å². The molecule has 2 aromatic rings. The zero-order valence-electron chi connectivity index (χ0n) is 32.5. The Morgan fingerprint density at radius 2 is 0.814 bits per heavy atom. The van der Waals surface area contributed by atoms with Gasteiger partial charge in [-0.3, -0.25) is 0 Å². The van der Waals surface area contributed by atoms with Gasteiger partial charge in [-0.2, -0.15) is 0 Å². The molecule has 0 N–H and O–H groups in total. The van der Waals surface area contributed by atoms with Crippen molar-refractivity contribution in [3.8, 4) is 0 Å². The second kappa shape index (κ2) is 50.1. The van der Waals surface area contributed by atoms with Gasteiger partial charge in [0.15, 0.2) is 0 Å². The minimum atomic E-state index is 1.04. The van der Waals surface area contributed by atoms with Crippen LogP contribution in [0, 0.1) is 18.8 Å². The van der Waals surface area contributed by atoms with E-state index in [-0.39, 0.29) is 0 Å². The fourth-order valence-electron chi connectivity index (χ4n) is 4.15. The summed E-state index contributed by atoms with van der Waals surface area (Å²) in [5.74, 6) is 2.12. The third-order valence-electron chi connectivity index (χ3n) is 6.39. The molecule has 0 unspecified atom stereocenters. The first-order chi connectivity index (χ1) is 20.9. The quantitative estimate of drug-likeness (QED) is 0.321. The highest BCUT2D eigenvalue weighted by molar-refractivity contribution is 5.14. The summed E-state index contributed by atoms with van der Waals surface area (Å²) in [6.45, 7) is 29.7. The number of aryl methyl sites for hydroxylation is 2. The molecule has 4 rings (SSSR count). The van der Waals surface area contributed by atoms with Crippen molar-refractivity contribution in [1.82, 2.24) is 0 Å². The molecule has 0 nitrogen and oxygen atoms in total. The third-order valence-corrected chi connectivity index (χ3v) is 6.39. The summed E-state index contributed by atoms with van der Waals surface area (Å²) in [5.41, 5.74) is 2.73. The van der Waals surface area contributed by atoms with Crippen LogP contribution in [-0.4, -0.2) is 0 Å².